The van der Waals surface area contributed by atoms with Crippen LogP contribution in [-0.4, -0.2) is 23.2 Å². The summed E-state index contributed by atoms with van der Waals surface area (Å²) in [5.74, 6) is 1.28. The molecular formula is C33H39O5S2+. The number of ether oxygens (including phenoxy) is 2. The Balaban J connectivity index is 2.03. The van der Waals surface area contributed by atoms with Gasteiger partial charge >= 0.3 is 10.1 Å². The van der Waals surface area contributed by atoms with Gasteiger partial charge < -0.3 is 9.47 Å². The summed E-state index contributed by atoms with van der Waals surface area (Å²) in [5.41, 5.74) is 0.101. The molecule has 0 bridgehead atoms. The Labute approximate surface area is 240 Å². The molecule has 0 heterocycles. The van der Waals surface area contributed by atoms with Crippen molar-refractivity contribution in [1.82, 2.24) is 0 Å². The van der Waals surface area contributed by atoms with Crippen LogP contribution in [0.4, 0.5) is 0 Å². The van der Waals surface area contributed by atoms with Gasteiger partial charge in [0.1, 0.15) is 27.6 Å². The van der Waals surface area contributed by atoms with Crippen LogP contribution in [0, 0.1) is 6.92 Å². The fourth-order valence-corrected chi connectivity index (χ4v) is 9.73. The van der Waals surface area contributed by atoms with E-state index in [4.69, 9.17) is 13.1 Å². The molecule has 0 unspecified atom stereocenters. The summed E-state index contributed by atoms with van der Waals surface area (Å²) in [6.07, 6.45) is 0. The fraction of sp³-hybridized carbons (Fsp3) is 0.273. The number of hydrogen-bond donors (Lipinski definition) is 0. The highest BCUT2D eigenvalue weighted by atomic mass is 32.3. The molecule has 40 heavy (non-hydrogen) atoms. The van der Waals surface area contributed by atoms with Gasteiger partial charge in [-0.1, -0.05) is 48.0 Å². The molecule has 0 aromatic heterocycles. The fourth-order valence-electron chi connectivity index (χ4n) is 4.21. The van der Waals surface area contributed by atoms with E-state index in [2.05, 4.69) is 0 Å². The molecule has 4 aromatic rings. The average Bonchev–Trinajstić information content (AvgIpc) is 2.86. The first-order valence-electron chi connectivity index (χ1n) is 13.2. The van der Waals surface area contributed by atoms with Crippen LogP contribution in [0.3, 0.4) is 0 Å². The number of hydrogen-bond acceptors (Lipinski definition) is 4. The maximum atomic E-state index is 14.1. The third kappa shape index (κ3) is 7.08. The van der Waals surface area contributed by atoms with E-state index in [-0.39, 0.29) is 4.90 Å². The molecular weight excluding hydrogens is 540 g/mol. The van der Waals surface area contributed by atoms with Gasteiger partial charge in [0.15, 0.2) is 0 Å². The topological polar surface area (TPSA) is 65.4 Å². The Kier molecular flexibility index (Phi) is 8.41. The highest BCUT2D eigenvalue weighted by Crippen LogP contribution is 2.69. The van der Waals surface area contributed by atoms with Gasteiger partial charge in [0, 0.05) is 0 Å². The van der Waals surface area contributed by atoms with Crippen molar-refractivity contribution in [3.05, 3.63) is 109 Å². The zero-order valence-electron chi connectivity index (χ0n) is 24.2. The monoisotopic (exact) mass is 579 g/mol. The lowest BCUT2D eigenvalue weighted by Gasteiger charge is -2.35. The summed E-state index contributed by atoms with van der Waals surface area (Å²) in [6, 6.07) is 31.7. The predicted octanol–water partition coefficient (Wildman–Crippen LogP) is 9.03. The maximum absolute atomic E-state index is 14.1. The van der Waals surface area contributed by atoms with Crippen molar-refractivity contribution in [1.29, 1.82) is 0 Å². The molecule has 212 valence electrons. The summed E-state index contributed by atoms with van der Waals surface area (Å²) in [5, 5.41) is 0. The highest BCUT2D eigenvalue weighted by Gasteiger charge is 2.44. The van der Waals surface area contributed by atoms with E-state index in [1.165, 1.54) is 0 Å². The molecule has 0 radical (unpaired) electrons. The molecule has 4 aromatic carbocycles. The zero-order valence-corrected chi connectivity index (χ0v) is 25.8. The predicted molar refractivity (Wildman–Crippen MR) is 163 cm³/mol. The normalized spacial score (nSPS) is 13.1. The van der Waals surface area contributed by atoms with E-state index in [1.54, 1.807) is 24.3 Å². The van der Waals surface area contributed by atoms with Crippen LogP contribution in [-0.2, 0) is 10.1 Å². The lowest BCUT2D eigenvalue weighted by Crippen LogP contribution is -2.24. The van der Waals surface area contributed by atoms with Crippen LogP contribution >= 0.6 is 10.3 Å². The SMILES string of the molecule is Cc1ccc(S(=O)(=O)[OH+]S(c2ccccc2)(c2cccc(OC(C)(C)C)c2)c2cccc(OC(C)(C)C)c2)cc1. The van der Waals surface area contributed by atoms with E-state index in [0.717, 1.165) is 20.2 Å². The first kappa shape index (κ1) is 29.7. The van der Waals surface area contributed by atoms with Crippen LogP contribution in [0.25, 0.3) is 0 Å². The second kappa shape index (κ2) is 11.3. The second-order valence-electron chi connectivity index (χ2n) is 11.6. The molecule has 0 fully saturated rings. The van der Waals surface area contributed by atoms with Gasteiger partial charge in [-0.05, 0) is 109 Å². The molecule has 0 aliphatic rings. The van der Waals surface area contributed by atoms with Crippen molar-refractivity contribution in [2.75, 3.05) is 0 Å². The Morgan fingerprint density at radius 3 is 1.45 bits per heavy atom. The Hall–Kier alpha value is -3.26. The van der Waals surface area contributed by atoms with Crippen molar-refractivity contribution in [2.45, 2.75) is 79.3 Å². The molecule has 1 N–H and O–H groups in total. The summed E-state index contributed by atoms with van der Waals surface area (Å²) >= 11 is 0. The minimum absolute atomic E-state index is 0.148. The Morgan fingerprint density at radius 1 is 0.550 bits per heavy atom. The zero-order chi connectivity index (χ0) is 29.2. The summed E-state index contributed by atoms with van der Waals surface area (Å²) in [6.45, 7) is 13.8. The van der Waals surface area contributed by atoms with Crippen LogP contribution in [0.15, 0.2) is 123 Å². The molecule has 0 saturated heterocycles. The molecule has 0 spiro atoms. The first-order chi connectivity index (χ1) is 18.7. The van der Waals surface area contributed by atoms with Gasteiger partial charge in [-0.25, -0.2) is 0 Å². The van der Waals surface area contributed by atoms with E-state index < -0.39 is 31.6 Å². The highest BCUT2D eigenvalue weighted by molar-refractivity contribution is 8.32. The van der Waals surface area contributed by atoms with Crippen molar-refractivity contribution < 1.29 is 21.5 Å². The van der Waals surface area contributed by atoms with Crippen molar-refractivity contribution in [2.24, 2.45) is 0 Å². The van der Waals surface area contributed by atoms with Crippen molar-refractivity contribution >= 4 is 20.4 Å². The minimum Gasteiger partial charge on any atom is -0.488 e. The summed E-state index contributed by atoms with van der Waals surface area (Å²) < 4.78 is 45.5. The molecule has 0 aliphatic heterocycles. The average molecular weight is 580 g/mol. The smallest absolute Gasteiger partial charge is 0.422 e. The second-order valence-corrected chi connectivity index (χ2v) is 16.2. The standard InChI is InChI=1S/C33H38O5S2/c1-25-19-21-29(22-20-25)40(34,35)38-39(28-15-9-8-10-16-28,30-17-11-13-26(23-30)36-32(2,3)4)31-18-12-14-27(24-31)37-33(5,6)7/h8-24H,1-7H3/p+1. The maximum Gasteiger partial charge on any atom is 0.422 e. The minimum atomic E-state index is -4.09. The van der Waals surface area contributed by atoms with Gasteiger partial charge in [0.05, 0.1) is 25.0 Å². The quantitative estimate of drug-likeness (QED) is 0.154. The van der Waals surface area contributed by atoms with Gasteiger partial charge in [0.2, 0.25) is 0 Å². The van der Waals surface area contributed by atoms with Crippen molar-refractivity contribution in [3.8, 4) is 11.5 Å². The van der Waals surface area contributed by atoms with Gasteiger partial charge in [-0.2, -0.15) is 0 Å². The molecule has 7 heteroatoms. The van der Waals surface area contributed by atoms with Crippen LogP contribution in [0.5, 0.6) is 11.5 Å². The first-order valence-corrected chi connectivity index (χ1v) is 16.2. The van der Waals surface area contributed by atoms with E-state index in [1.807, 2.05) is 127 Å². The third-order valence-corrected chi connectivity index (χ3v) is 11.1. The van der Waals surface area contributed by atoms with Crippen LogP contribution < -0.4 is 9.47 Å². The molecule has 0 amide bonds. The van der Waals surface area contributed by atoms with Gasteiger partial charge in [-0.3, -0.25) is 3.63 Å². The molecule has 4 rings (SSSR count). The van der Waals surface area contributed by atoms with Gasteiger partial charge in [-0.15, -0.1) is 8.42 Å². The molecule has 5 nitrogen and oxygen atoms in total. The summed E-state index contributed by atoms with van der Waals surface area (Å²) in [7, 11) is -6.82. The van der Waals surface area contributed by atoms with Crippen LogP contribution in [0.1, 0.15) is 47.1 Å². The lowest BCUT2D eigenvalue weighted by molar-refractivity contribution is 0.130. The number of rotatable bonds is 8. The van der Waals surface area contributed by atoms with E-state index >= 15 is 0 Å². The van der Waals surface area contributed by atoms with Crippen molar-refractivity contribution in [3.63, 3.8) is 0 Å². The molecule has 0 atom stereocenters. The third-order valence-electron chi connectivity index (χ3n) is 5.75. The van der Waals surface area contributed by atoms with E-state index in [0.29, 0.717) is 11.5 Å². The largest absolute Gasteiger partial charge is 0.488 e. The Morgan fingerprint density at radius 2 is 1.00 bits per heavy atom. The van der Waals surface area contributed by atoms with E-state index in [9.17, 15) is 8.42 Å². The number of benzene rings is 4. The summed E-state index contributed by atoms with van der Waals surface area (Å²) in [4.78, 5) is 2.41. The van der Waals surface area contributed by atoms with Crippen LogP contribution in [0.2, 0.25) is 0 Å². The Bertz CT molecular complexity index is 1490. The van der Waals surface area contributed by atoms with Gasteiger partial charge in [0.25, 0.3) is 0 Å². The molecule has 0 saturated carbocycles. The number of aryl methyl sites for hydroxylation is 1. The molecule has 0 aliphatic carbocycles. The lowest BCUT2D eigenvalue weighted by atomic mass is 10.2.